The molecule has 1 aromatic carbocycles. The van der Waals surface area contributed by atoms with Crippen LogP contribution in [0.2, 0.25) is 0 Å². The minimum atomic E-state index is -1.52. The van der Waals surface area contributed by atoms with Gasteiger partial charge in [0.1, 0.15) is 54.2 Å². The maximum Gasteiger partial charge on any atom is 0.327 e. The SMILES string of the molecule is O=C1O[C@@H]2C[C@@]3(C(=O)NCCO)[C@H](ON(Cc4ccc(C=CCO[C@H]5O[C@H](CO)[C@H](O)[C@H](O)[C@H]5O)cc4)[C@@H]13)[C@H]1OC(C3CC3)(C3CC3)O[C@H]12. The van der Waals surface area contributed by atoms with Crippen molar-refractivity contribution in [3.05, 3.63) is 41.5 Å². The summed E-state index contributed by atoms with van der Waals surface area (Å²) < 4.78 is 30.5. The van der Waals surface area contributed by atoms with Crippen molar-refractivity contribution in [2.24, 2.45) is 17.3 Å². The predicted molar refractivity (Wildman–Crippen MR) is 164 cm³/mol. The number of hydrogen-bond donors (Lipinski definition) is 6. The molecule has 11 atom stereocenters. The van der Waals surface area contributed by atoms with Gasteiger partial charge in [-0.2, -0.15) is 5.06 Å². The van der Waals surface area contributed by atoms with Crippen molar-refractivity contribution in [3.8, 4) is 0 Å². The molecule has 0 aromatic heterocycles. The fraction of sp³-hybridized carbons (Fsp3) is 0.706. The van der Waals surface area contributed by atoms with Crippen molar-refractivity contribution in [2.75, 3.05) is 26.4 Å². The first-order valence-corrected chi connectivity index (χ1v) is 17.3. The molecule has 4 heterocycles. The first-order valence-electron chi connectivity index (χ1n) is 17.3. The maximum absolute atomic E-state index is 14.0. The molecule has 7 aliphatic rings. The van der Waals surface area contributed by atoms with E-state index in [4.69, 9.17) is 28.5 Å². The van der Waals surface area contributed by atoms with Crippen LogP contribution in [0, 0.1) is 17.3 Å². The molecule has 4 saturated heterocycles. The second-order valence-corrected chi connectivity index (χ2v) is 14.3. The topological polar surface area (TPSA) is 206 Å². The van der Waals surface area contributed by atoms with Crippen LogP contribution in [-0.4, -0.2) is 136 Å². The van der Waals surface area contributed by atoms with E-state index in [9.17, 15) is 35.1 Å². The van der Waals surface area contributed by atoms with Crippen LogP contribution in [-0.2, 0) is 44.7 Å². The van der Waals surface area contributed by atoms with Gasteiger partial charge in [0.15, 0.2) is 18.1 Å². The van der Waals surface area contributed by atoms with E-state index >= 15 is 0 Å². The largest absolute Gasteiger partial charge is 0.458 e. The van der Waals surface area contributed by atoms with Crippen LogP contribution >= 0.6 is 0 Å². The molecule has 2 bridgehead atoms. The number of hydroxylamine groups is 2. The third kappa shape index (κ3) is 5.63. The average molecular weight is 689 g/mol. The molecule has 3 saturated carbocycles. The van der Waals surface area contributed by atoms with Gasteiger partial charge in [0.2, 0.25) is 5.91 Å². The normalized spacial score (nSPS) is 41.1. The number of amides is 1. The zero-order chi connectivity index (χ0) is 34.1. The van der Waals surface area contributed by atoms with E-state index in [1.54, 1.807) is 17.2 Å². The Balaban J connectivity index is 0.970. The summed E-state index contributed by atoms with van der Waals surface area (Å²) in [5.74, 6) is -1.10. The Kier molecular flexibility index (Phi) is 8.84. The van der Waals surface area contributed by atoms with Crippen LogP contribution in [0.3, 0.4) is 0 Å². The molecule has 0 radical (unpaired) electrons. The zero-order valence-corrected chi connectivity index (χ0v) is 26.9. The summed E-state index contributed by atoms with van der Waals surface area (Å²) >= 11 is 0. The highest BCUT2D eigenvalue weighted by Gasteiger charge is 2.78. The number of hydrogen-bond acceptors (Lipinski definition) is 14. The molecule has 15 heteroatoms. The molecule has 6 N–H and O–H groups in total. The number of rotatable bonds is 12. The van der Waals surface area contributed by atoms with Crippen molar-refractivity contribution >= 4 is 18.0 Å². The van der Waals surface area contributed by atoms with Gasteiger partial charge in [-0.05, 0) is 36.8 Å². The van der Waals surface area contributed by atoms with E-state index in [1.807, 2.05) is 24.3 Å². The monoisotopic (exact) mass is 688 g/mol. The van der Waals surface area contributed by atoms with Crippen molar-refractivity contribution in [1.29, 1.82) is 0 Å². The van der Waals surface area contributed by atoms with Gasteiger partial charge in [0.25, 0.3) is 0 Å². The molecule has 1 amide bonds. The van der Waals surface area contributed by atoms with E-state index in [-0.39, 0.29) is 50.5 Å². The average Bonchev–Trinajstić information content (AvgIpc) is 4.05. The molecule has 7 fully saturated rings. The fourth-order valence-corrected chi connectivity index (χ4v) is 8.45. The summed E-state index contributed by atoms with van der Waals surface area (Å²) in [6.45, 7) is -0.526. The number of aliphatic hydroxyl groups excluding tert-OH is 5. The van der Waals surface area contributed by atoms with E-state index in [0.717, 1.165) is 36.8 Å². The number of carbonyl (C=O) groups is 2. The van der Waals surface area contributed by atoms with E-state index in [2.05, 4.69) is 5.32 Å². The summed E-state index contributed by atoms with van der Waals surface area (Å²) in [7, 11) is 0. The lowest BCUT2D eigenvalue weighted by molar-refractivity contribution is -0.298. The second kappa shape index (κ2) is 12.9. The van der Waals surface area contributed by atoms with Crippen molar-refractivity contribution in [3.63, 3.8) is 0 Å². The lowest BCUT2D eigenvalue weighted by Crippen LogP contribution is -2.69. The van der Waals surface area contributed by atoms with Gasteiger partial charge >= 0.3 is 5.97 Å². The number of fused-ring (bicyclic) bond motifs is 4. The predicted octanol–water partition coefficient (Wildman–Crippen LogP) is -1.27. The molecule has 268 valence electrons. The Labute approximate surface area is 282 Å². The second-order valence-electron chi connectivity index (χ2n) is 14.3. The first kappa shape index (κ1) is 33.6. The molecular formula is C34H44N2O13. The van der Waals surface area contributed by atoms with Crippen LogP contribution in [0.5, 0.6) is 0 Å². The lowest BCUT2D eigenvalue weighted by Gasteiger charge is -2.48. The lowest BCUT2D eigenvalue weighted by atomic mass is 9.62. The van der Waals surface area contributed by atoms with Crippen LogP contribution in [0.15, 0.2) is 30.3 Å². The Morgan fingerprint density at radius 2 is 1.71 bits per heavy atom. The number of aliphatic hydroxyl groups is 5. The summed E-state index contributed by atoms with van der Waals surface area (Å²) in [5.41, 5.74) is 0.361. The quantitative estimate of drug-likeness (QED) is 0.142. The number of benzene rings is 1. The minimum absolute atomic E-state index is 0.0232. The smallest absolute Gasteiger partial charge is 0.327 e. The number of carbonyl (C=O) groups excluding carboxylic acids is 2. The molecule has 0 unspecified atom stereocenters. The van der Waals surface area contributed by atoms with Gasteiger partial charge in [-0.1, -0.05) is 36.4 Å². The third-order valence-electron chi connectivity index (χ3n) is 11.1. The number of nitrogens with one attached hydrogen (secondary N) is 1. The molecular weight excluding hydrogens is 644 g/mol. The van der Waals surface area contributed by atoms with Crippen LogP contribution in [0.1, 0.15) is 43.2 Å². The van der Waals surface area contributed by atoms with Gasteiger partial charge in [-0.15, -0.1) is 0 Å². The Morgan fingerprint density at radius 1 is 1.00 bits per heavy atom. The highest BCUT2D eigenvalue weighted by atomic mass is 16.8. The van der Waals surface area contributed by atoms with E-state index in [1.165, 1.54) is 0 Å². The molecule has 0 spiro atoms. The van der Waals surface area contributed by atoms with Gasteiger partial charge in [0, 0.05) is 24.8 Å². The standard InChI is InChI=1S/C34H44N2O13/c37-12-11-35-32(43)33-14-21-26-27(48-34(47-26,19-7-8-19)20-9-10-20)29(33)49-36(28(33)30(42)45-21)15-18-5-3-17(4-6-18)2-1-13-44-31-25(41)24(40)23(39)22(16-38)46-31/h1-6,19-29,31,37-41H,7-16H2,(H,35,43)/t21-,22-,23+,24+,25-,26+,27+,28+,29-,31+,33+/m1/s1. The summed E-state index contributed by atoms with van der Waals surface area (Å²) in [5, 5.41) is 53.2. The minimum Gasteiger partial charge on any atom is -0.458 e. The van der Waals surface area contributed by atoms with Gasteiger partial charge in [-0.25, -0.2) is 0 Å². The first-order chi connectivity index (χ1) is 23.7. The van der Waals surface area contributed by atoms with Crippen molar-refractivity contribution < 1.29 is 63.6 Å². The molecule has 4 aliphatic heterocycles. The fourth-order valence-electron chi connectivity index (χ4n) is 8.45. The zero-order valence-electron chi connectivity index (χ0n) is 26.9. The summed E-state index contributed by atoms with van der Waals surface area (Å²) in [6.07, 6.45) is -1.53. The van der Waals surface area contributed by atoms with Crippen LogP contribution < -0.4 is 5.32 Å². The van der Waals surface area contributed by atoms with Gasteiger partial charge in [-0.3, -0.25) is 14.4 Å². The molecule has 8 rings (SSSR count). The highest BCUT2D eigenvalue weighted by molar-refractivity contribution is 5.93. The van der Waals surface area contributed by atoms with Crippen molar-refractivity contribution in [2.45, 2.75) is 106 Å². The van der Waals surface area contributed by atoms with Crippen molar-refractivity contribution in [1.82, 2.24) is 10.4 Å². The van der Waals surface area contributed by atoms with Gasteiger partial charge < -0.3 is 54.5 Å². The highest BCUT2D eigenvalue weighted by Crippen LogP contribution is 2.63. The van der Waals surface area contributed by atoms with E-state index in [0.29, 0.717) is 0 Å². The molecule has 3 aliphatic carbocycles. The van der Waals surface area contributed by atoms with Crippen LogP contribution in [0.4, 0.5) is 0 Å². The molecule has 49 heavy (non-hydrogen) atoms. The molecule has 1 aromatic rings. The molecule has 15 nitrogen and oxygen atoms in total. The van der Waals surface area contributed by atoms with Gasteiger partial charge in [0.05, 0.1) is 26.4 Å². The number of ether oxygens (including phenoxy) is 5. The Hall–Kier alpha value is -2.54. The maximum atomic E-state index is 14.0. The Bertz CT molecular complexity index is 1420. The van der Waals surface area contributed by atoms with Crippen LogP contribution in [0.25, 0.3) is 6.08 Å². The Morgan fingerprint density at radius 3 is 2.39 bits per heavy atom. The summed E-state index contributed by atoms with van der Waals surface area (Å²) in [4.78, 5) is 34.3. The third-order valence-corrected chi connectivity index (χ3v) is 11.1. The number of esters is 1. The van der Waals surface area contributed by atoms with E-state index < -0.39 is 84.9 Å². The number of nitrogens with zero attached hydrogens (tertiary/aromatic N) is 1. The summed E-state index contributed by atoms with van der Waals surface area (Å²) in [6, 6.07) is 6.47.